The van der Waals surface area contributed by atoms with E-state index in [4.69, 9.17) is 5.73 Å². The SMILES string of the molecule is CCN(CCCN(C)C)c1ncnc(N)c1C. The lowest BCUT2D eigenvalue weighted by atomic mass is 10.2. The van der Waals surface area contributed by atoms with Gasteiger partial charge in [0.1, 0.15) is 18.0 Å². The molecule has 0 aliphatic rings. The monoisotopic (exact) mass is 237 g/mol. The largest absolute Gasteiger partial charge is 0.383 e. The fourth-order valence-corrected chi connectivity index (χ4v) is 1.76. The second kappa shape index (κ2) is 6.39. The standard InChI is InChI=1S/C12H23N5/c1-5-17(8-6-7-16(3)4)12-10(2)11(13)14-9-15-12/h9H,5-8H2,1-4H3,(H2,13,14,15). The van der Waals surface area contributed by atoms with Gasteiger partial charge >= 0.3 is 0 Å². The van der Waals surface area contributed by atoms with Crippen LogP contribution in [0.3, 0.4) is 0 Å². The van der Waals surface area contributed by atoms with Gasteiger partial charge in [-0.15, -0.1) is 0 Å². The number of rotatable bonds is 6. The number of nitrogen functional groups attached to an aromatic ring is 1. The maximum absolute atomic E-state index is 5.80. The highest BCUT2D eigenvalue weighted by Gasteiger charge is 2.11. The van der Waals surface area contributed by atoms with Crippen LogP contribution in [0.5, 0.6) is 0 Å². The average Bonchev–Trinajstić information content (AvgIpc) is 2.28. The van der Waals surface area contributed by atoms with Gasteiger partial charge in [-0.3, -0.25) is 0 Å². The molecule has 96 valence electrons. The third-order valence-electron chi connectivity index (χ3n) is 2.81. The van der Waals surface area contributed by atoms with Crippen molar-refractivity contribution in [2.24, 2.45) is 0 Å². The Morgan fingerprint density at radius 3 is 2.53 bits per heavy atom. The lowest BCUT2D eigenvalue weighted by molar-refractivity contribution is 0.400. The molecule has 0 aromatic carbocycles. The lowest BCUT2D eigenvalue weighted by Crippen LogP contribution is -2.28. The summed E-state index contributed by atoms with van der Waals surface area (Å²) >= 11 is 0. The minimum atomic E-state index is 0.570. The van der Waals surface area contributed by atoms with Crippen LogP contribution in [0.4, 0.5) is 11.6 Å². The summed E-state index contributed by atoms with van der Waals surface area (Å²) in [6.07, 6.45) is 2.65. The van der Waals surface area contributed by atoms with Crippen molar-refractivity contribution in [2.45, 2.75) is 20.3 Å². The molecular formula is C12H23N5. The Balaban J connectivity index is 2.69. The van der Waals surface area contributed by atoms with Gasteiger partial charge in [-0.05, 0) is 40.9 Å². The number of aromatic nitrogens is 2. The molecule has 1 heterocycles. The number of hydrogen-bond donors (Lipinski definition) is 1. The third kappa shape index (κ3) is 3.85. The molecular weight excluding hydrogens is 214 g/mol. The third-order valence-corrected chi connectivity index (χ3v) is 2.81. The van der Waals surface area contributed by atoms with E-state index in [0.29, 0.717) is 5.82 Å². The van der Waals surface area contributed by atoms with E-state index in [0.717, 1.165) is 37.4 Å². The Morgan fingerprint density at radius 1 is 1.24 bits per heavy atom. The molecule has 0 saturated carbocycles. The molecule has 1 rings (SSSR count). The number of hydrogen-bond acceptors (Lipinski definition) is 5. The van der Waals surface area contributed by atoms with E-state index in [-0.39, 0.29) is 0 Å². The van der Waals surface area contributed by atoms with E-state index in [1.54, 1.807) is 0 Å². The zero-order chi connectivity index (χ0) is 12.8. The van der Waals surface area contributed by atoms with Crippen LogP contribution >= 0.6 is 0 Å². The lowest BCUT2D eigenvalue weighted by Gasteiger charge is -2.24. The van der Waals surface area contributed by atoms with E-state index >= 15 is 0 Å². The van der Waals surface area contributed by atoms with E-state index in [9.17, 15) is 0 Å². The van der Waals surface area contributed by atoms with E-state index < -0.39 is 0 Å². The summed E-state index contributed by atoms with van der Waals surface area (Å²) in [5.74, 6) is 1.53. The molecule has 0 saturated heterocycles. The fourth-order valence-electron chi connectivity index (χ4n) is 1.76. The predicted octanol–water partition coefficient (Wildman–Crippen LogP) is 1.15. The van der Waals surface area contributed by atoms with Gasteiger partial charge in [0.2, 0.25) is 0 Å². The summed E-state index contributed by atoms with van der Waals surface area (Å²) in [6, 6.07) is 0. The molecule has 0 aliphatic heterocycles. The van der Waals surface area contributed by atoms with Crippen LogP contribution < -0.4 is 10.6 Å². The Bertz CT molecular complexity index is 351. The Kier molecular flexibility index (Phi) is 5.15. The summed E-state index contributed by atoms with van der Waals surface area (Å²) in [5.41, 5.74) is 6.78. The molecule has 0 fully saturated rings. The second-order valence-electron chi connectivity index (χ2n) is 4.44. The van der Waals surface area contributed by atoms with Crippen LogP contribution in [0.15, 0.2) is 6.33 Å². The minimum Gasteiger partial charge on any atom is -0.383 e. The first kappa shape index (κ1) is 13.7. The quantitative estimate of drug-likeness (QED) is 0.804. The molecule has 0 atom stereocenters. The Morgan fingerprint density at radius 2 is 1.94 bits per heavy atom. The van der Waals surface area contributed by atoms with E-state index in [1.165, 1.54) is 6.33 Å². The van der Waals surface area contributed by atoms with Gasteiger partial charge < -0.3 is 15.5 Å². The molecule has 2 N–H and O–H groups in total. The molecule has 0 unspecified atom stereocenters. The van der Waals surface area contributed by atoms with Crippen molar-refractivity contribution in [1.82, 2.24) is 14.9 Å². The van der Waals surface area contributed by atoms with Crippen LogP contribution in [-0.2, 0) is 0 Å². The van der Waals surface area contributed by atoms with Gasteiger partial charge in [-0.25, -0.2) is 9.97 Å². The highest BCUT2D eigenvalue weighted by molar-refractivity contribution is 5.55. The maximum atomic E-state index is 5.80. The number of nitrogens with zero attached hydrogens (tertiary/aromatic N) is 4. The zero-order valence-corrected chi connectivity index (χ0v) is 11.3. The van der Waals surface area contributed by atoms with Gasteiger partial charge in [-0.1, -0.05) is 0 Å². The first-order valence-electron chi connectivity index (χ1n) is 6.03. The normalized spacial score (nSPS) is 10.9. The first-order valence-corrected chi connectivity index (χ1v) is 6.03. The minimum absolute atomic E-state index is 0.570. The average molecular weight is 237 g/mol. The summed E-state index contributed by atoms with van der Waals surface area (Å²) in [4.78, 5) is 12.8. The molecule has 1 aromatic rings. The van der Waals surface area contributed by atoms with E-state index in [2.05, 4.69) is 40.8 Å². The molecule has 0 bridgehead atoms. The van der Waals surface area contributed by atoms with Gasteiger partial charge in [0.15, 0.2) is 0 Å². The van der Waals surface area contributed by atoms with Crippen LogP contribution in [-0.4, -0.2) is 48.6 Å². The van der Waals surface area contributed by atoms with Gasteiger partial charge in [0.25, 0.3) is 0 Å². The molecule has 0 aliphatic carbocycles. The smallest absolute Gasteiger partial charge is 0.137 e. The summed E-state index contributed by atoms with van der Waals surface area (Å²) in [6.45, 7) is 7.11. The number of anilines is 2. The topological polar surface area (TPSA) is 58.3 Å². The fraction of sp³-hybridized carbons (Fsp3) is 0.667. The highest BCUT2D eigenvalue weighted by atomic mass is 15.2. The van der Waals surface area contributed by atoms with Crippen molar-refractivity contribution < 1.29 is 0 Å². The van der Waals surface area contributed by atoms with Crippen molar-refractivity contribution >= 4 is 11.6 Å². The van der Waals surface area contributed by atoms with Gasteiger partial charge in [0, 0.05) is 18.7 Å². The Labute approximate surface area is 104 Å². The van der Waals surface area contributed by atoms with Crippen LogP contribution in [0.2, 0.25) is 0 Å². The predicted molar refractivity (Wildman–Crippen MR) is 72.2 cm³/mol. The highest BCUT2D eigenvalue weighted by Crippen LogP contribution is 2.19. The molecule has 0 spiro atoms. The van der Waals surface area contributed by atoms with Crippen molar-refractivity contribution in [1.29, 1.82) is 0 Å². The van der Waals surface area contributed by atoms with Gasteiger partial charge in [0.05, 0.1) is 0 Å². The van der Waals surface area contributed by atoms with Crippen molar-refractivity contribution in [2.75, 3.05) is 44.4 Å². The first-order chi connectivity index (χ1) is 8.06. The molecule has 1 aromatic heterocycles. The van der Waals surface area contributed by atoms with Crippen LogP contribution in [0.25, 0.3) is 0 Å². The number of nitrogens with two attached hydrogens (primary N) is 1. The zero-order valence-electron chi connectivity index (χ0n) is 11.3. The summed E-state index contributed by atoms with van der Waals surface area (Å²) in [5, 5.41) is 0. The maximum Gasteiger partial charge on any atom is 0.137 e. The molecule has 17 heavy (non-hydrogen) atoms. The van der Waals surface area contributed by atoms with Crippen LogP contribution in [0, 0.1) is 6.92 Å². The van der Waals surface area contributed by atoms with Gasteiger partial charge in [-0.2, -0.15) is 0 Å². The van der Waals surface area contributed by atoms with Crippen molar-refractivity contribution in [3.8, 4) is 0 Å². The Hall–Kier alpha value is -1.36. The summed E-state index contributed by atoms with van der Waals surface area (Å²) < 4.78 is 0. The molecule has 0 radical (unpaired) electrons. The molecule has 5 nitrogen and oxygen atoms in total. The van der Waals surface area contributed by atoms with E-state index in [1.807, 2.05) is 6.92 Å². The van der Waals surface area contributed by atoms with Crippen molar-refractivity contribution in [3.63, 3.8) is 0 Å². The summed E-state index contributed by atoms with van der Waals surface area (Å²) in [7, 11) is 4.18. The van der Waals surface area contributed by atoms with Crippen molar-refractivity contribution in [3.05, 3.63) is 11.9 Å². The van der Waals surface area contributed by atoms with Crippen LogP contribution in [0.1, 0.15) is 18.9 Å². The molecule has 5 heteroatoms. The molecule has 0 amide bonds. The second-order valence-corrected chi connectivity index (χ2v) is 4.44.